The largest absolute Gasteiger partial charge is 0.461 e. The number of likely N-dealkylation sites (tertiary alicyclic amines) is 1. The van der Waals surface area contributed by atoms with Crippen LogP contribution in [-0.4, -0.2) is 42.0 Å². The molecule has 2 aromatic heterocycles. The van der Waals surface area contributed by atoms with E-state index in [9.17, 15) is 26.7 Å². The second-order valence-corrected chi connectivity index (χ2v) is 7.60. The molecule has 0 spiro atoms. The van der Waals surface area contributed by atoms with Crippen LogP contribution in [0.25, 0.3) is 11.0 Å². The van der Waals surface area contributed by atoms with Gasteiger partial charge in [0.1, 0.15) is 17.1 Å². The number of nitrogens with one attached hydrogen (secondary N) is 1. The molecule has 170 valence electrons. The lowest BCUT2D eigenvalue weighted by Crippen LogP contribution is -2.57. The number of nitrogens with zero attached hydrogens (tertiary/aromatic N) is 2. The van der Waals surface area contributed by atoms with Crippen molar-refractivity contribution in [3.05, 3.63) is 59.1 Å². The molecule has 3 aromatic rings. The average Bonchev–Trinajstić information content (AvgIpc) is 3.01. The number of aromatic nitrogens is 1. The number of pyridine rings is 1. The molecule has 1 saturated heterocycles. The van der Waals surface area contributed by atoms with Crippen LogP contribution in [-0.2, 0) is 12.3 Å². The summed E-state index contributed by atoms with van der Waals surface area (Å²) in [6, 6.07) is 5.11. The van der Waals surface area contributed by atoms with Crippen LogP contribution < -0.4 is 10.1 Å². The predicted molar refractivity (Wildman–Crippen MR) is 103 cm³/mol. The third-order valence-electron chi connectivity index (χ3n) is 5.10. The first-order valence-corrected chi connectivity index (χ1v) is 9.58. The van der Waals surface area contributed by atoms with Gasteiger partial charge < -0.3 is 19.4 Å². The maximum Gasteiger partial charge on any atom is 0.433 e. The van der Waals surface area contributed by atoms with Gasteiger partial charge in [0.15, 0.2) is 5.69 Å². The van der Waals surface area contributed by atoms with Crippen LogP contribution in [0.5, 0.6) is 5.75 Å². The number of benzene rings is 1. The fourth-order valence-corrected chi connectivity index (χ4v) is 3.66. The third kappa shape index (κ3) is 4.12. The van der Waals surface area contributed by atoms with Crippen molar-refractivity contribution < 1.29 is 35.9 Å². The third-order valence-corrected chi connectivity index (χ3v) is 5.10. The van der Waals surface area contributed by atoms with Gasteiger partial charge in [-0.2, -0.15) is 22.0 Å². The summed E-state index contributed by atoms with van der Waals surface area (Å²) >= 11 is 0. The number of carbonyl (C=O) groups is 1. The summed E-state index contributed by atoms with van der Waals surface area (Å²) in [6.45, 7) is 2.91. The van der Waals surface area contributed by atoms with Gasteiger partial charge in [-0.15, -0.1) is 0 Å². The number of amides is 1. The Labute approximate surface area is 179 Å². The van der Waals surface area contributed by atoms with Gasteiger partial charge in [-0.25, -0.2) is 0 Å². The molecule has 11 heteroatoms. The maximum atomic E-state index is 14.7. The topological polar surface area (TPSA) is 67.6 Å². The Morgan fingerprint density at radius 1 is 1.22 bits per heavy atom. The average molecular weight is 455 g/mol. The van der Waals surface area contributed by atoms with Crippen molar-refractivity contribution >= 4 is 16.9 Å². The number of likely N-dealkylation sites (N-methyl/N-ethyl adjacent to an activating group) is 1. The number of hydrogen-bond acceptors (Lipinski definition) is 5. The molecule has 1 aliphatic heterocycles. The number of fused-ring (bicyclic) bond motifs is 1. The Bertz CT molecular complexity index is 1170. The Kier molecular flexibility index (Phi) is 5.32. The van der Waals surface area contributed by atoms with Crippen LogP contribution in [0.1, 0.15) is 27.4 Å². The minimum Gasteiger partial charge on any atom is -0.461 e. The summed E-state index contributed by atoms with van der Waals surface area (Å²) in [5, 5.41) is 3.05. The number of ether oxygens (including phenoxy) is 1. The fraction of sp³-hybridized carbons (Fsp3) is 0.333. The van der Waals surface area contributed by atoms with Gasteiger partial charge in [-0.3, -0.25) is 9.78 Å². The van der Waals surface area contributed by atoms with Gasteiger partial charge >= 0.3 is 12.3 Å². The van der Waals surface area contributed by atoms with Crippen molar-refractivity contribution in [1.82, 2.24) is 15.2 Å². The molecular weight excluding hydrogens is 437 g/mol. The van der Waals surface area contributed by atoms with Gasteiger partial charge in [-0.05, 0) is 44.3 Å². The summed E-state index contributed by atoms with van der Waals surface area (Å²) < 4.78 is 78.9. The van der Waals surface area contributed by atoms with Crippen molar-refractivity contribution in [2.75, 3.05) is 20.1 Å². The van der Waals surface area contributed by atoms with Crippen LogP contribution in [0, 0.1) is 6.92 Å². The number of hydrogen-bond donors (Lipinski definition) is 1. The number of aryl methyl sites for hydroxylation is 1. The molecule has 0 unspecified atom stereocenters. The van der Waals surface area contributed by atoms with E-state index in [1.54, 1.807) is 6.92 Å². The monoisotopic (exact) mass is 455 g/mol. The normalized spacial score (nSPS) is 15.6. The molecule has 1 aliphatic rings. The first-order valence-electron chi connectivity index (χ1n) is 9.58. The summed E-state index contributed by atoms with van der Waals surface area (Å²) in [5.41, 5.74) is -2.74. The first kappa shape index (κ1) is 22.0. The second-order valence-electron chi connectivity index (χ2n) is 7.60. The van der Waals surface area contributed by atoms with Gasteiger partial charge in [0.05, 0.1) is 17.2 Å². The fourth-order valence-electron chi connectivity index (χ4n) is 3.66. The van der Waals surface area contributed by atoms with Crippen molar-refractivity contribution in [3.8, 4) is 5.75 Å². The Balaban J connectivity index is 1.65. The highest BCUT2D eigenvalue weighted by Gasteiger charge is 2.46. The second kappa shape index (κ2) is 7.73. The molecule has 0 atom stereocenters. The van der Waals surface area contributed by atoms with Crippen molar-refractivity contribution in [3.63, 3.8) is 0 Å². The molecule has 0 bridgehead atoms. The zero-order valence-corrected chi connectivity index (χ0v) is 17.0. The van der Waals surface area contributed by atoms with E-state index in [0.29, 0.717) is 19.2 Å². The molecular formula is C21H18F5N3O3. The van der Waals surface area contributed by atoms with Gasteiger partial charge in [-0.1, -0.05) is 0 Å². The van der Waals surface area contributed by atoms with Gasteiger partial charge in [0.2, 0.25) is 0 Å². The maximum absolute atomic E-state index is 14.7. The molecule has 0 aliphatic carbocycles. The van der Waals surface area contributed by atoms with E-state index in [0.717, 1.165) is 24.4 Å². The van der Waals surface area contributed by atoms with Crippen LogP contribution in [0.15, 0.2) is 40.9 Å². The van der Waals surface area contributed by atoms with E-state index in [2.05, 4.69) is 15.0 Å². The van der Waals surface area contributed by atoms with Crippen LogP contribution in [0.3, 0.4) is 0 Å². The minimum atomic E-state index is -5.09. The number of carbonyl (C=O) groups excluding carboxylic acids is 1. The van der Waals surface area contributed by atoms with E-state index in [4.69, 9.17) is 4.42 Å². The van der Waals surface area contributed by atoms with Crippen molar-refractivity contribution in [2.24, 2.45) is 0 Å². The number of alkyl halides is 5. The summed E-state index contributed by atoms with van der Waals surface area (Å²) in [7, 11) is 1.90. The standard InChI is InChI=1S/C21H18F5N3O3/c1-11-17(19(30)28-12-9-29(2)10-12)14-8-13(5-6-16(14)31-11)32-21(25,26)15-4-3-7-27-18(15)20(22,23)24/h3-8,12H,9-10H2,1-2H3,(H,28,30). The molecule has 32 heavy (non-hydrogen) atoms. The minimum absolute atomic E-state index is 0.0491. The summed E-state index contributed by atoms with van der Waals surface area (Å²) in [5.74, 6) is -0.590. The van der Waals surface area contributed by atoms with E-state index in [1.807, 2.05) is 11.9 Å². The molecule has 1 amide bonds. The van der Waals surface area contributed by atoms with Gasteiger partial charge in [0, 0.05) is 24.7 Å². The van der Waals surface area contributed by atoms with Crippen LogP contribution >= 0.6 is 0 Å². The lowest BCUT2D eigenvalue weighted by molar-refractivity contribution is -0.196. The van der Waals surface area contributed by atoms with Crippen molar-refractivity contribution in [1.29, 1.82) is 0 Å². The lowest BCUT2D eigenvalue weighted by atomic mass is 10.1. The molecule has 3 heterocycles. The quantitative estimate of drug-likeness (QED) is 0.581. The lowest BCUT2D eigenvalue weighted by Gasteiger charge is -2.36. The molecule has 1 fully saturated rings. The van der Waals surface area contributed by atoms with Crippen molar-refractivity contribution in [2.45, 2.75) is 25.3 Å². The zero-order chi connectivity index (χ0) is 23.3. The van der Waals surface area contributed by atoms with E-state index < -0.39 is 35.2 Å². The number of furan rings is 1. The Morgan fingerprint density at radius 2 is 1.94 bits per heavy atom. The van der Waals surface area contributed by atoms with Crippen LogP contribution in [0.2, 0.25) is 0 Å². The zero-order valence-electron chi connectivity index (χ0n) is 17.0. The highest BCUT2D eigenvalue weighted by molar-refractivity contribution is 6.07. The summed E-state index contributed by atoms with van der Waals surface area (Å²) in [6.07, 6.45) is -8.65. The van der Waals surface area contributed by atoms with E-state index >= 15 is 0 Å². The van der Waals surface area contributed by atoms with Crippen LogP contribution in [0.4, 0.5) is 22.0 Å². The van der Waals surface area contributed by atoms with E-state index in [-0.39, 0.29) is 28.3 Å². The molecule has 0 radical (unpaired) electrons. The molecule has 6 nitrogen and oxygen atoms in total. The molecule has 4 rings (SSSR count). The highest BCUT2D eigenvalue weighted by Crippen LogP contribution is 2.40. The SMILES string of the molecule is Cc1oc2ccc(OC(F)(F)c3cccnc3C(F)(F)F)cc2c1C(=O)NC1CN(C)C1. The van der Waals surface area contributed by atoms with E-state index in [1.165, 1.54) is 6.07 Å². The number of halogens is 5. The molecule has 1 aromatic carbocycles. The predicted octanol–water partition coefficient (Wildman–Crippen LogP) is 4.33. The first-order chi connectivity index (χ1) is 15.0. The highest BCUT2D eigenvalue weighted by atomic mass is 19.4. The van der Waals surface area contributed by atoms with Gasteiger partial charge in [0.25, 0.3) is 5.91 Å². The molecule has 1 N–H and O–H groups in total. The molecule has 0 saturated carbocycles. The Morgan fingerprint density at radius 3 is 2.59 bits per heavy atom. The Hall–Kier alpha value is -3.21. The summed E-state index contributed by atoms with van der Waals surface area (Å²) in [4.78, 5) is 17.8. The smallest absolute Gasteiger partial charge is 0.433 e. The number of rotatable bonds is 5.